The van der Waals surface area contributed by atoms with E-state index in [-0.39, 0.29) is 5.78 Å². The average Bonchev–Trinajstić information content (AvgIpc) is 2.78. The van der Waals surface area contributed by atoms with Gasteiger partial charge in [-0.3, -0.25) is 4.79 Å². The molecule has 21 heavy (non-hydrogen) atoms. The van der Waals surface area contributed by atoms with Crippen molar-refractivity contribution in [2.75, 3.05) is 20.3 Å². The molecule has 2 aromatic rings. The zero-order valence-electron chi connectivity index (χ0n) is 11.8. The number of hydrogen-bond donors (Lipinski definition) is 0. The van der Waals surface area contributed by atoms with Crippen LogP contribution in [0.3, 0.4) is 0 Å². The fourth-order valence-corrected chi connectivity index (χ4v) is 2.24. The largest absolute Gasteiger partial charge is 0.497 e. The molecule has 0 atom stereocenters. The van der Waals surface area contributed by atoms with Gasteiger partial charge in [0.15, 0.2) is 17.3 Å². The molecule has 0 saturated carbocycles. The van der Waals surface area contributed by atoms with E-state index in [2.05, 4.69) is 0 Å². The van der Waals surface area contributed by atoms with Crippen LogP contribution >= 0.6 is 0 Å². The number of fused-ring (bicyclic) bond motifs is 1. The molecule has 0 amide bonds. The zero-order valence-corrected chi connectivity index (χ0v) is 11.8. The summed E-state index contributed by atoms with van der Waals surface area (Å²) in [5.41, 5.74) is 1.16. The summed E-state index contributed by atoms with van der Waals surface area (Å²) in [6.45, 7) is 1.24. The van der Waals surface area contributed by atoms with Crippen molar-refractivity contribution in [3.05, 3.63) is 53.6 Å². The van der Waals surface area contributed by atoms with Crippen LogP contribution < -0.4 is 14.2 Å². The number of rotatable bonds is 3. The normalized spacial score (nSPS) is 13.4. The van der Waals surface area contributed by atoms with E-state index in [0.29, 0.717) is 41.6 Å². The van der Waals surface area contributed by atoms with Crippen molar-refractivity contribution in [1.82, 2.24) is 0 Å². The molecule has 3 rings (SSSR count). The first-order valence-electron chi connectivity index (χ1n) is 6.86. The summed E-state index contributed by atoms with van der Waals surface area (Å²) in [6, 6.07) is 12.4. The molecule has 1 heterocycles. The van der Waals surface area contributed by atoms with Gasteiger partial charge in [0, 0.05) is 17.5 Å². The van der Waals surface area contributed by atoms with Crippen LogP contribution in [-0.4, -0.2) is 26.1 Å². The molecule has 0 bridgehead atoms. The fraction of sp³-hybridized carbons (Fsp3) is 0.235. The van der Waals surface area contributed by atoms with Gasteiger partial charge in [-0.25, -0.2) is 0 Å². The van der Waals surface area contributed by atoms with Gasteiger partial charge in [-0.05, 0) is 30.3 Å². The van der Waals surface area contributed by atoms with Crippen molar-refractivity contribution >= 4 is 5.78 Å². The molecular weight excluding hydrogens is 268 g/mol. The van der Waals surface area contributed by atoms with Crippen LogP contribution in [0, 0.1) is 0 Å². The van der Waals surface area contributed by atoms with Gasteiger partial charge in [-0.1, -0.05) is 12.1 Å². The molecule has 0 unspecified atom stereocenters. The first-order chi connectivity index (χ1) is 10.3. The first kappa shape index (κ1) is 13.5. The Hall–Kier alpha value is -2.49. The van der Waals surface area contributed by atoms with Crippen LogP contribution in [-0.2, 0) is 0 Å². The monoisotopic (exact) mass is 284 g/mol. The lowest BCUT2D eigenvalue weighted by Gasteiger charge is -2.09. The van der Waals surface area contributed by atoms with E-state index in [1.54, 1.807) is 43.5 Å². The molecule has 0 fully saturated rings. The van der Waals surface area contributed by atoms with Gasteiger partial charge in [0.1, 0.15) is 5.75 Å². The molecule has 1 aliphatic heterocycles. The predicted octanol–water partition coefficient (Wildman–Crippen LogP) is 3.09. The number of carbonyl (C=O) groups excluding carboxylic acids is 1. The molecule has 108 valence electrons. The molecule has 0 spiro atoms. The van der Waals surface area contributed by atoms with Gasteiger partial charge < -0.3 is 14.2 Å². The summed E-state index contributed by atoms with van der Waals surface area (Å²) in [7, 11) is 1.58. The highest BCUT2D eigenvalue weighted by atomic mass is 16.5. The lowest BCUT2D eigenvalue weighted by atomic mass is 10.0. The van der Waals surface area contributed by atoms with Crippen molar-refractivity contribution in [3.63, 3.8) is 0 Å². The van der Waals surface area contributed by atoms with Crippen LogP contribution in [0.5, 0.6) is 17.2 Å². The Morgan fingerprint density at radius 3 is 2.57 bits per heavy atom. The minimum atomic E-state index is -0.0652. The van der Waals surface area contributed by atoms with E-state index in [1.165, 1.54) is 0 Å². The van der Waals surface area contributed by atoms with Gasteiger partial charge in [0.2, 0.25) is 0 Å². The molecule has 0 radical (unpaired) electrons. The van der Waals surface area contributed by atoms with Crippen molar-refractivity contribution in [1.29, 1.82) is 0 Å². The maximum Gasteiger partial charge on any atom is 0.193 e. The van der Waals surface area contributed by atoms with Crippen molar-refractivity contribution in [2.24, 2.45) is 0 Å². The van der Waals surface area contributed by atoms with E-state index >= 15 is 0 Å². The Bertz CT molecular complexity index is 664. The first-order valence-corrected chi connectivity index (χ1v) is 6.86. The van der Waals surface area contributed by atoms with Crippen molar-refractivity contribution < 1.29 is 19.0 Å². The summed E-state index contributed by atoms with van der Waals surface area (Å²) < 4.78 is 16.3. The van der Waals surface area contributed by atoms with E-state index < -0.39 is 0 Å². The van der Waals surface area contributed by atoms with Crippen LogP contribution in [0.15, 0.2) is 42.5 Å². The van der Waals surface area contributed by atoms with Gasteiger partial charge in [-0.2, -0.15) is 0 Å². The van der Waals surface area contributed by atoms with Gasteiger partial charge in [0.05, 0.1) is 20.3 Å². The maximum atomic E-state index is 12.5. The Kier molecular flexibility index (Phi) is 3.77. The molecule has 4 heteroatoms. The zero-order chi connectivity index (χ0) is 14.7. The molecule has 2 aromatic carbocycles. The number of ketones is 1. The highest BCUT2D eigenvalue weighted by Crippen LogP contribution is 2.31. The third kappa shape index (κ3) is 2.84. The highest BCUT2D eigenvalue weighted by molar-refractivity contribution is 6.09. The highest BCUT2D eigenvalue weighted by Gasteiger charge is 2.15. The fourth-order valence-electron chi connectivity index (χ4n) is 2.24. The maximum absolute atomic E-state index is 12.5. The Balaban J connectivity index is 1.92. The van der Waals surface area contributed by atoms with Gasteiger partial charge in [-0.15, -0.1) is 0 Å². The third-order valence-electron chi connectivity index (χ3n) is 3.34. The minimum Gasteiger partial charge on any atom is -0.497 e. The standard InChI is InChI=1S/C17H16O4/c1-19-14-5-2-4-12(10-14)17(18)13-6-7-15-16(11-13)21-9-3-8-20-15/h2,4-7,10-11H,3,8-9H2,1H3. The topological polar surface area (TPSA) is 44.8 Å². The van der Waals surface area contributed by atoms with E-state index in [9.17, 15) is 4.79 Å². The third-order valence-corrected chi connectivity index (χ3v) is 3.34. The minimum absolute atomic E-state index is 0.0652. The van der Waals surface area contributed by atoms with Crippen LogP contribution in [0.1, 0.15) is 22.3 Å². The second kappa shape index (κ2) is 5.87. The molecule has 0 aliphatic carbocycles. The molecule has 1 aliphatic rings. The summed E-state index contributed by atoms with van der Waals surface area (Å²) in [6.07, 6.45) is 0.841. The summed E-state index contributed by atoms with van der Waals surface area (Å²) in [4.78, 5) is 12.5. The average molecular weight is 284 g/mol. The second-order valence-corrected chi connectivity index (χ2v) is 4.77. The van der Waals surface area contributed by atoms with Gasteiger partial charge in [0.25, 0.3) is 0 Å². The number of ether oxygens (including phenoxy) is 3. The second-order valence-electron chi connectivity index (χ2n) is 4.77. The molecule has 0 N–H and O–H groups in total. The molecular formula is C17H16O4. The van der Waals surface area contributed by atoms with E-state index in [4.69, 9.17) is 14.2 Å². The van der Waals surface area contributed by atoms with E-state index in [0.717, 1.165) is 6.42 Å². The predicted molar refractivity (Wildman–Crippen MR) is 78.5 cm³/mol. The molecule has 4 nitrogen and oxygen atoms in total. The SMILES string of the molecule is COc1cccc(C(=O)c2ccc3c(c2)OCCCO3)c1. The smallest absolute Gasteiger partial charge is 0.193 e. The summed E-state index contributed by atoms with van der Waals surface area (Å²) in [5.74, 6) is 1.91. The Morgan fingerprint density at radius 2 is 1.76 bits per heavy atom. The van der Waals surface area contributed by atoms with Crippen molar-refractivity contribution in [3.8, 4) is 17.2 Å². The number of hydrogen-bond acceptors (Lipinski definition) is 4. The molecule has 0 saturated heterocycles. The van der Waals surface area contributed by atoms with Crippen LogP contribution in [0.2, 0.25) is 0 Å². The number of carbonyl (C=O) groups is 1. The van der Waals surface area contributed by atoms with Crippen LogP contribution in [0.25, 0.3) is 0 Å². The lowest BCUT2D eigenvalue weighted by Crippen LogP contribution is -2.02. The van der Waals surface area contributed by atoms with Crippen molar-refractivity contribution in [2.45, 2.75) is 6.42 Å². The summed E-state index contributed by atoms with van der Waals surface area (Å²) >= 11 is 0. The number of benzene rings is 2. The number of methoxy groups -OCH3 is 1. The Labute approximate surface area is 123 Å². The lowest BCUT2D eigenvalue weighted by molar-refractivity contribution is 0.103. The van der Waals surface area contributed by atoms with E-state index in [1.807, 2.05) is 6.07 Å². The van der Waals surface area contributed by atoms with Crippen LogP contribution in [0.4, 0.5) is 0 Å². The Morgan fingerprint density at radius 1 is 1.00 bits per heavy atom. The molecule has 0 aromatic heterocycles. The quantitative estimate of drug-likeness (QED) is 0.812. The van der Waals surface area contributed by atoms with Gasteiger partial charge >= 0.3 is 0 Å². The summed E-state index contributed by atoms with van der Waals surface area (Å²) in [5, 5.41) is 0.